The fraction of sp³-hybridized carbons (Fsp3) is 0.167. The van der Waals surface area contributed by atoms with Gasteiger partial charge in [-0.25, -0.2) is 9.37 Å². The Morgan fingerprint density at radius 2 is 2.33 bits per heavy atom. The van der Waals surface area contributed by atoms with Gasteiger partial charge in [0, 0.05) is 23.9 Å². The second kappa shape index (κ2) is 5.30. The number of carbonyl (C=O) groups is 1. The van der Waals surface area contributed by atoms with E-state index in [0.717, 1.165) is 0 Å². The second-order valence-corrected chi connectivity index (χ2v) is 4.59. The van der Waals surface area contributed by atoms with Crippen molar-refractivity contribution in [3.8, 4) is 0 Å². The normalized spacial score (nSPS) is 10.4. The van der Waals surface area contributed by atoms with Gasteiger partial charge in [0.05, 0.1) is 12.1 Å². The lowest BCUT2D eigenvalue weighted by atomic mass is 10.2. The Balaban J connectivity index is 2.11. The predicted octanol–water partition coefficient (Wildman–Crippen LogP) is 2.25. The summed E-state index contributed by atoms with van der Waals surface area (Å²) in [4.78, 5) is 15.9. The first-order valence-electron chi connectivity index (χ1n) is 5.28. The smallest absolute Gasteiger partial charge is 0.255 e. The molecule has 0 unspecified atom stereocenters. The summed E-state index contributed by atoms with van der Waals surface area (Å²) in [6.45, 7) is 0.253. The van der Waals surface area contributed by atoms with Gasteiger partial charge in [0.25, 0.3) is 5.91 Å². The van der Waals surface area contributed by atoms with Crippen LogP contribution in [0.3, 0.4) is 0 Å². The van der Waals surface area contributed by atoms with E-state index in [-0.39, 0.29) is 12.1 Å². The van der Waals surface area contributed by atoms with Crippen molar-refractivity contribution < 1.29 is 9.18 Å². The Bertz CT molecular complexity index is 562. The van der Waals surface area contributed by atoms with Crippen LogP contribution in [0.5, 0.6) is 0 Å². The van der Waals surface area contributed by atoms with Crippen LogP contribution in [0.4, 0.5) is 4.39 Å². The number of hydrogen-bond donors (Lipinski definition) is 1. The number of amides is 1. The van der Waals surface area contributed by atoms with Crippen LogP contribution in [-0.4, -0.2) is 15.5 Å². The highest BCUT2D eigenvalue weighted by atomic mass is 79.9. The minimum absolute atomic E-state index is 0.00621. The van der Waals surface area contributed by atoms with Gasteiger partial charge in [-0.05, 0) is 28.1 Å². The maximum atomic E-state index is 13.5. The van der Waals surface area contributed by atoms with Gasteiger partial charge in [-0.3, -0.25) is 4.79 Å². The van der Waals surface area contributed by atoms with Crippen molar-refractivity contribution in [2.45, 2.75) is 6.54 Å². The molecule has 1 heterocycles. The molecule has 0 fully saturated rings. The van der Waals surface area contributed by atoms with Crippen LogP contribution in [0.15, 0.2) is 35.1 Å². The summed E-state index contributed by atoms with van der Waals surface area (Å²) in [6, 6.07) is 4.41. The van der Waals surface area contributed by atoms with Gasteiger partial charge in [-0.2, -0.15) is 0 Å². The fourth-order valence-corrected chi connectivity index (χ4v) is 2.05. The van der Waals surface area contributed by atoms with E-state index in [1.54, 1.807) is 23.0 Å². The van der Waals surface area contributed by atoms with Gasteiger partial charge in [0.15, 0.2) is 0 Å². The number of nitrogens with one attached hydrogen (secondary N) is 1. The molecular weight excluding hydrogens is 301 g/mol. The van der Waals surface area contributed by atoms with Crippen molar-refractivity contribution >= 4 is 21.8 Å². The standard InChI is InChI=1S/C12H11BrFN3O/c1-17-6-5-15-10(17)7-16-12(18)11-8(13)3-2-4-9(11)14/h2-6H,7H2,1H3,(H,16,18). The number of imidazole rings is 1. The lowest BCUT2D eigenvalue weighted by Gasteiger charge is -2.07. The highest BCUT2D eigenvalue weighted by Crippen LogP contribution is 2.19. The Labute approximate surface area is 112 Å². The molecule has 0 aliphatic carbocycles. The largest absolute Gasteiger partial charge is 0.345 e. The SMILES string of the molecule is Cn1ccnc1CNC(=O)c1c(F)cccc1Br. The third kappa shape index (κ3) is 2.59. The van der Waals surface area contributed by atoms with Crippen LogP contribution in [0.25, 0.3) is 0 Å². The van der Waals surface area contributed by atoms with E-state index < -0.39 is 11.7 Å². The van der Waals surface area contributed by atoms with E-state index in [4.69, 9.17) is 0 Å². The quantitative estimate of drug-likeness (QED) is 0.945. The molecule has 0 bridgehead atoms. The lowest BCUT2D eigenvalue weighted by Crippen LogP contribution is -2.25. The summed E-state index contributed by atoms with van der Waals surface area (Å²) in [6.07, 6.45) is 3.42. The van der Waals surface area contributed by atoms with Gasteiger partial charge in [-0.1, -0.05) is 6.07 Å². The molecule has 6 heteroatoms. The number of nitrogens with zero attached hydrogens (tertiary/aromatic N) is 2. The minimum Gasteiger partial charge on any atom is -0.345 e. The maximum Gasteiger partial charge on any atom is 0.255 e. The number of aromatic nitrogens is 2. The monoisotopic (exact) mass is 311 g/mol. The Hall–Kier alpha value is -1.69. The molecule has 1 aromatic heterocycles. The third-order valence-electron chi connectivity index (χ3n) is 2.52. The first-order chi connectivity index (χ1) is 8.59. The molecule has 18 heavy (non-hydrogen) atoms. The second-order valence-electron chi connectivity index (χ2n) is 3.73. The van der Waals surface area contributed by atoms with Crippen molar-refractivity contribution in [2.24, 2.45) is 7.05 Å². The zero-order valence-corrected chi connectivity index (χ0v) is 11.2. The lowest BCUT2D eigenvalue weighted by molar-refractivity contribution is 0.0944. The predicted molar refractivity (Wildman–Crippen MR) is 68.5 cm³/mol. The number of halogens is 2. The van der Waals surface area contributed by atoms with Crippen molar-refractivity contribution in [3.63, 3.8) is 0 Å². The molecule has 2 aromatic rings. The zero-order valence-electron chi connectivity index (χ0n) is 9.65. The van der Waals surface area contributed by atoms with E-state index in [9.17, 15) is 9.18 Å². The fourth-order valence-electron chi connectivity index (χ4n) is 1.53. The van der Waals surface area contributed by atoms with Crippen molar-refractivity contribution in [2.75, 3.05) is 0 Å². The van der Waals surface area contributed by atoms with Gasteiger partial charge in [0.1, 0.15) is 11.6 Å². The van der Waals surface area contributed by atoms with Gasteiger partial charge < -0.3 is 9.88 Å². The van der Waals surface area contributed by atoms with Crippen molar-refractivity contribution in [1.82, 2.24) is 14.9 Å². The van der Waals surface area contributed by atoms with Crippen LogP contribution in [0.1, 0.15) is 16.2 Å². The van der Waals surface area contributed by atoms with E-state index in [1.165, 1.54) is 12.1 Å². The highest BCUT2D eigenvalue weighted by molar-refractivity contribution is 9.10. The summed E-state index contributed by atoms with van der Waals surface area (Å²) in [5, 5.41) is 2.63. The molecule has 0 aliphatic rings. The number of hydrogen-bond acceptors (Lipinski definition) is 2. The van der Waals surface area contributed by atoms with E-state index in [1.807, 2.05) is 7.05 Å². The van der Waals surface area contributed by atoms with Crippen LogP contribution < -0.4 is 5.32 Å². The van der Waals surface area contributed by atoms with Gasteiger partial charge in [0.2, 0.25) is 0 Å². The maximum absolute atomic E-state index is 13.5. The number of rotatable bonds is 3. The molecular formula is C12H11BrFN3O. The molecule has 1 amide bonds. The third-order valence-corrected chi connectivity index (χ3v) is 3.18. The highest BCUT2D eigenvalue weighted by Gasteiger charge is 2.15. The molecule has 4 nitrogen and oxygen atoms in total. The Morgan fingerprint density at radius 1 is 1.56 bits per heavy atom. The molecule has 2 rings (SSSR count). The summed E-state index contributed by atoms with van der Waals surface area (Å²) >= 11 is 3.16. The number of benzene rings is 1. The van der Waals surface area contributed by atoms with Crippen LogP contribution in [0, 0.1) is 5.82 Å². The summed E-state index contributed by atoms with van der Waals surface area (Å²) < 4.78 is 15.8. The average Bonchev–Trinajstić information content (AvgIpc) is 2.72. The Morgan fingerprint density at radius 3 is 2.94 bits per heavy atom. The first kappa shape index (κ1) is 12.8. The van der Waals surface area contributed by atoms with E-state index >= 15 is 0 Å². The van der Waals surface area contributed by atoms with E-state index in [0.29, 0.717) is 10.3 Å². The summed E-state index contributed by atoms with van der Waals surface area (Å²) in [5.41, 5.74) is 0.00621. The molecule has 1 aromatic carbocycles. The Kier molecular flexibility index (Phi) is 3.76. The average molecular weight is 312 g/mol. The molecule has 0 radical (unpaired) electrons. The molecule has 1 N–H and O–H groups in total. The van der Waals surface area contributed by atoms with Crippen LogP contribution >= 0.6 is 15.9 Å². The van der Waals surface area contributed by atoms with Crippen LogP contribution in [-0.2, 0) is 13.6 Å². The van der Waals surface area contributed by atoms with Gasteiger partial charge >= 0.3 is 0 Å². The summed E-state index contributed by atoms with van der Waals surface area (Å²) in [7, 11) is 1.83. The molecule has 0 saturated heterocycles. The van der Waals surface area contributed by atoms with Crippen molar-refractivity contribution in [3.05, 3.63) is 52.3 Å². The van der Waals surface area contributed by atoms with Crippen LogP contribution in [0.2, 0.25) is 0 Å². The van der Waals surface area contributed by atoms with Crippen molar-refractivity contribution in [1.29, 1.82) is 0 Å². The molecule has 0 saturated carbocycles. The first-order valence-corrected chi connectivity index (χ1v) is 6.07. The number of aryl methyl sites for hydroxylation is 1. The summed E-state index contributed by atoms with van der Waals surface area (Å²) in [5.74, 6) is -0.319. The van der Waals surface area contributed by atoms with Gasteiger partial charge in [-0.15, -0.1) is 0 Å². The molecule has 0 spiro atoms. The zero-order chi connectivity index (χ0) is 13.1. The molecule has 94 valence electrons. The topological polar surface area (TPSA) is 46.9 Å². The molecule has 0 atom stereocenters. The van der Waals surface area contributed by atoms with E-state index in [2.05, 4.69) is 26.2 Å². The molecule has 0 aliphatic heterocycles. The number of carbonyl (C=O) groups excluding carboxylic acids is 1. The minimum atomic E-state index is -0.554.